The molecule has 10 nitrogen and oxygen atoms in total. The number of nitrogens with one attached hydrogen (secondary N) is 1. The van der Waals surface area contributed by atoms with Crippen molar-refractivity contribution in [1.82, 2.24) is 9.13 Å². The largest absolute Gasteiger partial charge is 0.496 e. The Kier molecular flexibility index (Phi) is 6.61. The summed E-state index contributed by atoms with van der Waals surface area (Å²) >= 11 is 6.62. The van der Waals surface area contributed by atoms with E-state index in [2.05, 4.69) is 19.2 Å². The van der Waals surface area contributed by atoms with E-state index in [0.29, 0.717) is 17.1 Å². The molecule has 3 aromatic rings. The monoisotopic (exact) mass is 605 g/mol. The molecule has 2 aromatic carbocycles. The van der Waals surface area contributed by atoms with Crippen molar-refractivity contribution in [2.45, 2.75) is 44.6 Å². The number of benzene rings is 2. The van der Waals surface area contributed by atoms with Crippen LogP contribution in [0.3, 0.4) is 0 Å². The summed E-state index contributed by atoms with van der Waals surface area (Å²) in [4.78, 5) is 56.0. The zero-order valence-electron chi connectivity index (χ0n) is 25.0. The Labute approximate surface area is 252 Å². The van der Waals surface area contributed by atoms with Crippen molar-refractivity contribution in [1.29, 1.82) is 0 Å². The van der Waals surface area contributed by atoms with Crippen LogP contribution in [0.5, 0.6) is 17.2 Å². The number of Topliss-reactive ketones (excluding diaryl/α,β-unsaturated/α-hetero) is 2. The molecule has 0 saturated carbocycles. The fourth-order valence-electron chi connectivity index (χ4n) is 6.60. The zero-order valence-corrected chi connectivity index (χ0v) is 25.7. The lowest BCUT2D eigenvalue weighted by atomic mass is 9.66. The fraction of sp³-hybridized carbons (Fsp3) is 0.375. The molecule has 11 heteroatoms. The predicted molar refractivity (Wildman–Crippen MR) is 161 cm³/mol. The van der Waals surface area contributed by atoms with Crippen LogP contribution in [0.25, 0.3) is 0 Å². The molecule has 0 fully saturated rings. The highest BCUT2D eigenvalue weighted by molar-refractivity contribution is 6.36. The van der Waals surface area contributed by atoms with E-state index in [4.69, 9.17) is 25.8 Å². The third kappa shape index (κ3) is 3.78. The van der Waals surface area contributed by atoms with Crippen LogP contribution in [0.1, 0.15) is 66.1 Å². The normalized spacial score (nSPS) is 22.3. The number of halogens is 1. The Morgan fingerprint density at radius 2 is 1.65 bits per heavy atom. The second-order valence-electron chi connectivity index (χ2n) is 11.6. The Balaban J connectivity index is 1.60. The number of allylic oxidation sites excluding steroid dienone is 1. The lowest BCUT2D eigenvalue weighted by Crippen LogP contribution is -2.58. The van der Waals surface area contributed by atoms with Crippen LogP contribution < -0.4 is 30.8 Å². The van der Waals surface area contributed by atoms with Crippen molar-refractivity contribution in [3.8, 4) is 17.2 Å². The van der Waals surface area contributed by atoms with Gasteiger partial charge < -0.3 is 19.5 Å². The highest BCUT2D eigenvalue weighted by Gasteiger charge is 2.63. The van der Waals surface area contributed by atoms with Gasteiger partial charge in [-0.1, -0.05) is 56.6 Å². The van der Waals surface area contributed by atoms with Crippen LogP contribution in [0.15, 0.2) is 51.2 Å². The van der Waals surface area contributed by atoms with E-state index in [0.717, 1.165) is 10.1 Å². The van der Waals surface area contributed by atoms with Gasteiger partial charge in [0.2, 0.25) is 17.2 Å². The number of aromatic nitrogens is 2. The quantitative estimate of drug-likeness (QED) is 0.437. The maximum absolute atomic E-state index is 14.9. The van der Waals surface area contributed by atoms with E-state index < -0.39 is 40.3 Å². The number of carbonyl (C=O) groups is 2. The highest BCUT2D eigenvalue weighted by atomic mass is 35.5. The average Bonchev–Trinajstić information content (AvgIpc) is 3.31. The molecule has 3 unspecified atom stereocenters. The van der Waals surface area contributed by atoms with Gasteiger partial charge in [0.25, 0.3) is 5.56 Å². The van der Waals surface area contributed by atoms with Crippen LogP contribution in [0.4, 0.5) is 5.82 Å². The van der Waals surface area contributed by atoms with Crippen molar-refractivity contribution in [3.05, 3.63) is 89.7 Å². The molecule has 3 atom stereocenters. The first-order valence-electron chi connectivity index (χ1n) is 14.0. The molecular weight excluding hydrogens is 574 g/mol. The van der Waals surface area contributed by atoms with Gasteiger partial charge in [-0.15, -0.1) is 0 Å². The lowest BCUT2D eigenvalue weighted by molar-refractivity contribution is -0.130. The van der Waals surface area contributed by atoms with Crippen molar-refractivity contribution >= 4 is 29.0 Å². The van der Waals surface area contributed by atoms with Crippen LogP contribution in [-0.2, 0) is 18.9 Å². The van der Waals surface area contributed by atoms with E-state index >= 15 is 0 Å². The second-order valence-corrected chi connectivity index (χ2v) is 12.0. The number of ketones is 2. The van der Waals surface area contributed by atoms with Gasteiger partial charge in [-0.2, -0.15) is 0 Å². The topological polar surface area (TPSA) is 118 Å². The van der Waals surface area contributed by atoms with Crippen LogP contribution in [0.2, 0.25) is 5.02 Å². The van der Waals surface area contributed by atoms with Gasteiger partial charge in [0, 0.05) is 43.3 Å². The summed E-state index contributed by atoms with van der Waals surface area (Å²) in [6.45, 7) is 5.91. The molecule has 224 valence electrons. The highest BCUT2D eigenvalue weighted by Crippen LogP contribution is 2.56. The number of methoxy groups -OCH3 is 2. The van der Waals surface area contributed by atoms with Gasteiger partial charge in [0.1, 0.15) is 27.9 Å². The minimum Gasteiger partial charge on any atom is -0.496 e. The Morgan fingerprint density at radius 3 is 2.26 bits per heavy atom. The van der Waals surface area contributed by atoms with Crippen molar-refractivity contribution in [2.24, 2.45) is 20.0 Å². The van der Waals surface area contributed by atoms with E-state index in [1.54, 1.807) is 14.0 Å². The van der Waals surface area contributed by atoms with E-state index in [1.807, 2.05) is 24.3 Å². The van der Waals surface area contributed by atoms with E-state index in [-0.39, 0.29) is 51.3 Å². The van der Waals surface area contributed by atoms with E-state index in [9.17, 15) is 19.2 Å². The lowest BCUT2D eigenvalue weighted by Gasteiger charge is -2.42. The number of rotatable bonds is 4. The van der Waals surface area contributed by atoms with Gasteiger partial charge in [-0.3, -0.25) is 23.5 Å². The van der Waals surface area contributed by atoms with E-state index in [1.165, 1.54) is 31.9 Å². The molecule has 0 radical (unpaired) electrons. The number of carbonyl (C=O) groups excluding carboxylic acids is 2. The number of hydrogen-bond acceptors (Lipinski definition) is 8. The van der Waals surface area contributed by atoms with Gasteiger partial charge in [0.15, 0.2) is 5.75 Å². The van der Waals surface area contributed by atoms with Gasteiger partial charge in [0.05, 0.1) is 19.8 Å². The minimum atomic E-state index is -1.95. The summed E-state index contributed by atoms with van der Waals surface area (Å²) in [7, 11) is 5.82. The summed E-state index contributed by atoms with van der Waals surface area (Å²) in [6, 6.07) is 9.19. The van der Waals surface area contributed by atoms with Crippen LogP contribution >= 0.6 is 11.6 Å². The molecule has 6 rings (SSSR count). The summed E-state index contributed by atoms with van der Waals surface area (Å²) in [6.07, 6.45) is 0.224. The third-order valence-corrected chi connectivity index (χ3v) is 9.37. The molecular formula is C32H32ClN3O7. The molecule has 1 aromatic heterocycles. The summed E-state index contributed by atoms with van der Waals surface area (Å²) in [5.41, 5.74) is -0.160. The Morgan fingerprint density at radius 1 is 1.00 bits per heavy atom. The standard InChI is InChI=1S/C32H32ClN3O7/c1-14(2)16-8-10-17(11-9-16)21-22-18(34-29-24(21)30(39)36(5)31(40)35(29)4)12-15(3)32(27(22)37)28(38)23-19(41-6)13-20(42-7)25(33)26(23)43-32/h8-11,13-15,21,34H,12H2,1-7H3. The molecule has 0 bridgehead atoms. The number of nitrogens with zero attached hydrogens (tertiary/aromatic N) is 2. The van der Waals surface area contributed by atoms with Gasteiger partial charge in [-0.05, 0) is 23.5 Å². The summed E-state index contributed by atoms with van der Waals surface area (Å²) in [5, 5.41) is 3.29. The molecule has 0 saturated heterocycles. The first-order chi connectivity index (χ1) is 20.4. The number of hydrogen-bond donors (Lipinski definition) is 1. The first-order valence-corrected chi connectivity index (χ1v) is 14.4. The molecule has 0 amide bonds. The average molecular weight is 606 g/mol. The zero-order chi connectivity index (χ0) is 31.1. The Bertz CT molecular complexity index is 1890. The molecule has 1 spiro atoms. The number of anilines is 1. The maximum atomic E-state index is 14.9. The SMILES string of the molecule is COc1cc(OC)c2c(c1Cl)OC1(C(=O)C3=C(CC1C)Nc1c(c(=O)n(C)c(=O)n1C)C3c1ccc(C(C)C)cc1)C2=O. The minimum absolute atomic E-state index is 0.0208. The second kappa shape index (κ2) is 9.87. The molecule has 3 heterocycles. The number of ether oxygens (including phenoxy) is 3. The van der Waals surface area contributed by atoms with Gasteiger partial charge >= 0.3 is 5.69 Å². The molecule has 1 N–H and O–H groups in total. The molecule has 3 aliphatic rings. The third-order valence-electron chi connectivity index (χ3n) is 9.01. The summed E-state index contributed by atoms with van der Waals surface area (Å²) < 4.78 is 19.6. The van der Waals surface area contributed by atoms with Crippen LogP contribution in [0, 0.1) is 5.92 Å². The summed E-state index contributed by atoms with van der Waals surface area (Å²) in [5.74, 6) is -1.66. The predicted octanol–water partition coefficient (Wildman–Crippen LogP) is 4.31. The fourth-order valence-corrected chi connectivity index (χ4v) is 6.86. The van der Waals surface area contributed by atoms with Crippen molar-refractivity contribution in [3.63, 3.8) is 0 Å². The Hall–Kier alpha value is -4.31. The van der Waals surface area contributed by atoms with Gasteiger partial charge in [-0.25, -0.2) is 4.79 Å². The van der Waals surface area contributed by atoms with Crippen molar-refractivity contribution in [2.75, 3.05) is 19.5 Å². The molecule has 2 aliphatic heterocycles. The maximum Gasteiger partial charge on any atom is 0.332 e. The molecule has 1 aliphatic carbocycles. The smallest absolute Gasteiger partial charge is 0.332 e. The van der Waals surface area contributed by atoms with Crippen LogP contribution in [-0.4, -0.2) is 40.5 Å². The van der Waals surface area contributed by atoms with Crippen molar-refractivity contribution < 1.29 is 23.8 Å². The number of fused-ring (bicyclic) bond motifs is 2. The molecule has 43 heavy (non-hydrogen) atoms. The first kappa shape index (κ1) is 28.8.